The lowest BCUT2D eigenvalue weighted by atomic mass is 10.3. The molecule has 98 valence electrons. The van der Waals surface area contributed by atoms with Gasteiger partial charge in [-0.1, -0.05) is 0 Å². The molecule has 1 saturated carbocycles. The third kappa shape index (κ3) is 3.99. The molecular formula is C10H17NO5S. The molecule has 0 aromatic heterocycles. The Bertz CT molecular complexity index is 412. The summed E-state index contributed by atoms with van der Waals surface area (Å²) in [6, 6.07) is 0.160. The summed E-state index contributed by atoms with van der Waals surface area (Å²) in [5.41, 5.74) is 0. The van der Waals surface area contributed by atoms with Gasteiger partial charge < -0.3 is 10.0 Å². The van der Waals surface area contributed by atoms with E-state index in [9.17, 15) is 18.0 Å². The Morgan fingerprint density at radius 3 is 2.35 bits per heavy atom. The summed E-state index contributed by atoms with van der Waals surface area (Å²) in [6.45, 7) is 1.31. The fraction of sp³-hybridized carbons (Fsp3) is 0.800. The van der Waals surface area contributed by atoms with Crippen LogP contribution in [-0.2, 0) is 19.4 Å². The molecule has 17 heavy (non-hydrogen) atoms. The smallest absolute Gasteiger partial charge is 0.304 e. The van der Waals surface area contributed by atoms with Crippen LogP contribution in [0, 0.1) is 0 Å². The fourth-order valence-electron chi connectivity index (χ4n) is 1.45. The second-order valence-electron chi connectivity index (χ2n) is 4.45. The number of rotatable bonds is 6. The Morgan fingerprint density at radius 2 is 1.94 bits per heavy atom. The Kier molecular flexibility index (Phi) is 4.13. The standard InChI is InChI=1S/C10H17NO5S/c1-7(5-10(13)14)17(15,16)6-9(12)11(2)8-3-4-8/h7-8H,3-6H2,1-2H3,(H,13,14). The third-order valence-electron chi connectivity index (χ3n) is 2.89. The van der Waals surface area contributed by atoms with Crippen molar-refractivity contribution < 1.29 is 23.1 Å². The van der Waals surface area contributed by atoms with Crippen LogP contribution in [0.25, 0.3) is 0 Å². The summed E-state index contributed by atoms with van der Waals surface area (Å²) < 4.78 is 23.4. The number of amides is 1. The van der Waals surface area contributed by atoms with E-state index < -0.39 is 39.1 Å². The first kappa shape index (κ1) is 14.0. The molecule has 1 rings (SSSR count). The summed E-state index contributed by atoms with van der Waals surface area (Å²) >= 11 is 0. The van der Waals surface area contributed by atoms with E-state index in [1.165, 1.54) is 11.8 Å². The van der Waals surface area contributed by atoms with E-state index in [1.807, 2.05) is 0 Å². The van der Waals surface area contributed by atoms with Gasteiger partial charge in [0.05, 0.1) is 11.7 Å². The summed E-state index contributed by atoms with van der Waals surface area (Å²) in [5.74, 6) is -2.23. The number of hydrogen-bond donors (Lipinski definition) is 1. The predicted octanol–water partition coefficient (Wildman–Crippen LogP) is -0.115. The zero-order valence-electron chi connectivity index (χ0n) is 9.92. The lowest BCUT2D eigenvalue weighted by Crippen LogP contribution is -2.37. The number of sulfone groups is 1. The summed E-state index contributed by atoms with van der Waals surface area (Å²) in [5, 5.41) is 7.50. The number of aliphatic carboxylic acids is 1. The Hall–Kier alpha value is -1.11. The monoisotopic (exact) mass is 263 g/mol. The summed E-state index contributed by atoms with van der Waals surface area (Å²) in [6.07, 6.45) is 1.35. The van der Waals surface area contributed by atoms with Gasteiger partial charge in [-0.15, -0.1) is 0 Å². The SMILES string of the molecule is CC(CC(=O)O)S(=O)(=O)CC(=O)N(C)C1CC1. The lowest BCUT2D eigenvalue weighted by molar-refractivity contribution is -0.137. The normalized spacial score (nSPS) is 17.5. The first-order chi connectivity index (χ1) is 7.74. The fourth-order valence-corrected chi connectivity index (χ4v) is 2.68. The van der Waals surface area contributed by atoms with Crippen LogP contribution >= 0.6 is 0 Å². The second-order valence-corrected chi connectivity index (χ2v) is 6.87. The molecule has 0 spiro atoms. The van der Waals surface area contributed by atoms with Crippen LogP contribution in [0.15, 0.2) is 0 Å². The summed E-state index contributed by atoms with van der Waals surface area (Å²) in [4.78, 5) is 23.5. The van der Waals surface area contributed by atoms with Gasteiger partial charge in [-0.05, 0) is 19.8 Å². The van der Waals surface area contributed by atoms with Crippen LogP contribution in [0.5, 0.6) is 0 Å². The van der Waals surface area contributed by atoms with Gasteiger partial charge in [-0.25, -0.2) is 8.42 Å². The predicted molar refractivity (Wildman–Crippen MR) is 61.3 cm³/mol. The van der Waals surface area contributed by atoms with Gasteiger partial charge >= 0.3 is 5.97 Å². The Morgan fingerprint density at radius 1 is 1.41 bits per heavy atom. The molecule has 0 aromatic carbocycles. The molecule has 0 aromatic rings. The third-order valence-corrected chi connectivity index (χ3v) is 4.93. The zero-order valence-corrected chi connectivity index (χ0v) is 10.7. The molecule has 7 heteroatoms. The van der Waals surface area contributed by atoms with E-state index in [-0.39, 0.29) is 6.04 Å². The number of carbonyl (C=O) groups excluding carboxylic acids is 1. The average molecular weight is 263 g/mol. The Balaban J connectivity index is 2.58. The average Bonchev–Trinajstić information content (AvgIpc) is 2.97. The number of hydrogen-bond acceptors (Lipinski definition) is 4. The van der Waals surface area contributed by atoms with Gasteiger partial charge in [0.2, 0.25) is 5.91 Å². The van der Waals surface area contributed by atoms with E-state index >= 15 is 0 Å². The molecule has 1 amide bonds. The van der Waals surface area contributed by atoms with Gasteiger partial charge in [-0.2, -0.15) is 0 Å². The molecule has 0 heterocycles. The Labute approximate surface area is 101 Å². The highest BCUT2D eigenvalue weighted by Gasteiger charge is 2.33. The minimum atomic E-state index is -3.68. The van der Waals surface area contributed by atoms with Gasteiger partial charge in [-0.3, -0.25) is 9.59 Å². The van der Waals surface area contributed by atoms with Crippen molar-refractivity contribution >= 4 is 21.7 Å². The van der Waals surface area contributed by atoms with E-state index in [4.69, 9.17) is 5.11 Å². The van der Waals surface area contributed by atoms with Crippen molar-refractivity contribution in [2.45, 2.75) is 37.5 Å². The quantitative estimate of drug-likeness (QED) is 0.721. The molecule has 1 atom stereocenters. The van der Waals surface area contributed by atoms with E-state index in [0.717, 1.165) is 12.8 Å². The van der Waals surface area contributed by atoms with Gasteiger partial charge in [0.1, 0.15) is 5.75 Å². The molecule has 1 aliphatic rings. The van der Waals surface area contributed by atoms with Crippen molar-refractivity contribution in [1.29, 1.82) is 0 Å². The number of carbonyl (C=O) groups is 2. The van der Waals surface area contributed by atoms with Crippen molar-refractivity contribution in [2.75, 3.05) is 12.8 Å². The maximum atomic E-state index is 11.7. The second kappa shape index (κ2) is 5.03. The van der Waals surface area contributed by atoms with Crippen LogP contribution < -0.4 is 0 Å². The molecule has 1 aliphatic carbocycles. The minimum Gasteiger partial charge on any atom is -0.481 e. The molecule has 1 unspecified atom stereocenters. The van der Waals surface area contributed by atoms with Crippen LogP contribution in [-0.4, -0.2) is 54.4 Å². The summed E-state index contributed by atoms with van der Waals surface area (Å²) in [7, 11) is -2.10. The lowest BCUT2D eigenvalue weighted by Gasteiger charge is -2.17. The van der Waals surface area contributed by atoms with Crippen LogP contribution in [0.4, 0.5) is 0 Å². The molecule has 0 saturated heterocycles. The maximum Gasteiger partial charge on any atom is 0.304 e. The van der Waals surface area contributed by atoms with E-state index in [2.05, 4.69) is 0 Å². The largest absolute Gasteiger partial charge is 0.481 e. The number of carboxylic acid groups (broad SMARTS) is 1. The highest BCUT2D eigenvalue weighted by atomic mass is 32.2. The van der Waals surface area contributed by atoms with Crippen LogP contribution in [0.1, 0.15) is 26.2 Å². The zero-order chi connectivity index (χ0) is 13.2. The molecular weight excluding hydrogens is 246 g/mol. The van der Waals surface area contributed by atoms with Crippen molar-refractivity contribution in [3.63, 3.8) is 0 Å². The first-order valence-corrected chi connectivity index (χ1v) is 7.14. The molecule has 6 nitrogen and oxygen atoms in total. The number of carboxylic acids is 1. The molecule has 0 aliphatic heterocycles. The van der Waals surface area contributed by atoms with Gasteiger partial charge in [0, 0.05) is 13.1 Å². The van der Waals surface area contributed by atoms with Crippen molar-refractivity contribution in [2.24, 2.45) is 0 Å². The topological polar surface area (TPSA) is 91.7 Å². The van der Waals surface area contributed by atoms with E-state index in [0.29, 0.717) is 0 Å². The highest BCUT2D eigenvalue weighted by molar-refractivity contribution is 7.92. The van der Waals surface area contributed by atoms with Crippen molar-refractivity contribution in [1.82, 2.24) is 4.90 Å². The minimum absolute atomic E-state index is 0.160. The maximum absolute atomic E-state index is 11.7. The van der Waals surface area contributed by atoms with Gasteiger partial charge in [0.25, 0.3) is 0 Å². The molecule has 0 radical (unpaired) electrons. The van der Waals surface area contributed by atoms with E-state index in [1.54, 1.807) is 7.05 Å². The van der Waals surface area contributed by atoms with Gasteiger partial charge in [0.15, 0.2) is 9.84 Å². The van der Waals surface area contributed by atoms with Crippen molar-refractivity contribution in [3.8, 4) is 0 Å². The molecule has 0 bridgehead atoms. The highest BCUT2D eigenvalue weighted by Crippen LogP contribution is 2.25. The van der Waals surface area contributed by atoms with Crippen molar-refractivity contribution in [3.05, 3.63) is 0 Å². The molecule has 1 fully saturated rings. The first-order valence-electron chi connectivity index (χ1n) is 5.43. The van der Waals surface area contributed by atoms with Crippen LogP contribution in [0.2, 0.25) is 0 Å². The van der Waals surface area contributed by atoms with Crippen LogP contribution in [0.3, 0.4) is 0 Å². The molecule has 1 N–H and O–H groups in total. The number of nitrogens with zero attached hydrogens (tertiary/aromatic N) is 1.